The minimum Gasteiger partial charge on any atom is -0.383 e. The number of nitriles is 1. The van der Waals surface area contributed by atoms with Gasteiger partial charge in [-0.2, -0.15) is 5.26 Å². The number of carbonyl (C=O) groups is 1. The number of amides is 1. The van der Waals surface area contributed by atoms with Gasteiger partial charge in [-0.3, -0.25) is 4.79 Å². The summed E-state index contributed by atoms with van der Waals surface area (Å²) in [6.07, 6.45) is 3.96. The monoisotopic (exact) mass is 490 g/mol. The van der Waals surface area contributed by atoms with Crippen molar-refractivity contribution in [3.05, 3.63) is 53.0 Å². The Morgan fingerprint density at radius 2 is 1.86 bits per heavy atom. The molecule has 0 saturated carbocycles. The lowest BCUT2D eigenvalue weighted by molar-refractivity contribution is 0.0751. The van der Waals surface area contributed by atoms with Crippen LogP contribution in [0.4, 0.5) is 5.82 Å². The number of nitrogens with zero attached hydrogens (tertiary/aromatic N) is 6. The van der Waals surface area contributed by atoms with Gasteiger partial charge in [-0.05, 0) is 55.0 Å². The molecule has 1 aromatic carbocycles. The van der Waals surface area contributed by atoms with E-state index in [1.54, 1.807) is 13.3 Å². The highest BCUT2D eigenvalue weighted by Crippen LogP contribution is 2.30. The minimum atomic E-state index is 0.0175. The number of aromatic nitrogens is 2. The predicted molar refractivity (Wildman–Crippen MR) is 140 cm³/mol. The summed E-state index contributed by atoms with van der Waals surface area (Å²) in [4.78, 5) is 28.7. The van der Waals surface area contributed by atoms with Gasteiger partial charge in [0.05, 0.1) is 13.2 Å². The van der Waals surface area contributed by atoms with Crippen molar-refractivity contribution in [1.29, 1.82) is 5.26 Å². The van der Waals surface area contributed by atoms with Crippen LogP contribution in [-0.2, 0) is 11.3 Å². The van der Waals surface area contributed by atoms with E-state index in [1.807, 2.05) is 23.1 Å². The number of carbonyl (C=O) groups excluding carboxylic acids is 1. The first-order valence-electron chi connectivity index (χ1n) is 12.9. The average Bonchev–Trinajstić information content (AvgIpc) is 3.05. The van der Waals surface area contributed by atoms with Gasteiger partial charge in [-0.1, -0.05) is 32.9 Å². The molecule has 8 nitrogen and oxygen atoms in total. The number of likely N-dealkylation sites (tertiary alicyclic amines) is 1. The van der Waals surface area contributed by atoms with Crippen LogP contribution in [0, 0.1) is 16.7 Å². The maximum absolute atomic E-state index is 13.5. The number of fused-ring (bicyclic) bond motifs is 1. The highest BCUT2D eigenvalue weighted by atomic mass is 16.5. The number of hydrogen-bond acceptors (Lipinski definition) is 7. The number of piperidine rings is 1. The molecule has 0 aliphatic carbocycles. The zero-order valence-electron chi connectivity index (χ0n) is 22.0. The molecule has 0 atom stereocenters. The number of anilines is 1. The molecule has 1 fully saturated rings. The van der Waals surface area contributed by atoms with Crippen molar-refractivity contribution in [2.45, 2.75) is 46.1 Å². The molecule has 2 aliphatic heterocycles. The van der Waals surface area contributed by atoms with Gasteiger partial charge in [0.15, 0.2) is 0 Å². The number of benzene rings is 1. The van der Waals surface area contributed by atoms with Crippen molar-refractivity contribution < 1.29 is 9.53 Å². The molecule has 1 amide bonds. The van der Waals surface area contributed by atoms with Gasteiger partial charge >= 0.3 is 0 Å². The van der Waals surface area contributed by atoms with E-state index in [0.29, 0.717) is 31.1 Å². The first-order chi connectivity index (χ1) is 17.3. The second-order valence-electron chi connectivity index (χ2n) is 11.1. The Labute approximate surface area is 214 Å². The molecule has 2 aliphatic rings. The van der Waals surface area contributed by atoms with E-state index in [1.165, 1.54) is 5.56 Å². The summed E-state index contributed by atoms with van der Waals surface area (Å²) in [5.41, 5.74) is 2.94. The molecule has 4 rings (SSSR count). The Balaban J connectivity index is 1.45. The van der Waals surface area contributed by atoms with Gasteiger partial charge in [0.25, 0.3) is 5.91 Å². The smallest absolute Gasteiger partial charge is 0.254 e. The third-order valence-electron chi connectivity index (χ3n) is 7.02. The van der Waals surface area contributed by atoms with Crippen molar-refractivity contribution in [3.63, 3.8) is 0 Å². The molecule has 1 saturated heterocycles. The molecule has 1 aromatic heterocycles. The van der Waals surface area contributed by atoms with E-state index in [0.717, 1.165) is 57.0 Å². The van der Waals surface area contributed by atoms with Crippen molar-refractivity contribution in [2.24, 2.45) is 5.41 Å². The molecule has 0 bridgehead atoms. The molecule has 3 heterocycles. The fourth-order valence-corrected chi connectivity index (χ4v) is 5.16. The lowest BCUT2D eigenvalue weighted by Gasteiger charge is -2.32. The fraction of sp³-hybridized carbons (Fsp3) is 0.571. The number of hydrogen-bond donors (Lipinski definition) is 0. The van der Waals surface area contributed by atoms with Crippen LogP contribution in [-0.4, -0.2) is 78.7 Å². The van der Waals surface area contributed by atoms with Gasteiger partial charge in [0, 0.05) is 50.6 Å². The minimum absolute atomic E-state index is 0.0175. The Morgan fingerprint density at radius 1 is 1.14 bits per heavy atom. The number of methoxy groups -OCH3 is 1. The summed E-state index contributed by atoms with van der Waals surface area (Å²) in [7, 11) is 1.75. The molecule has 2 aromatic rings. The molecule has 36 heavy (non-hydrogen) atoms. The average molecular weight is 491 g/mol. The Morgan fingerprint density at radius 3 is 2.50 bits per heavy atom. The lowest BCUT2D eigenvalue weighted by Crippen LogP contribution is -2.38. The fourth-order valence-electron chi connectivity index (χ4n) is 5.16. The van der Waals surface area contributed by atoms with E-state index in [-0.39, 0.29) is 17.1 Å². The quantitative estimate of drug-likeness (QED) is 0.611. The second-order valence-corrected chi connectivity index (χ2v) is 11.1. The van der Waals surface area contributed by atoms with E-state index in [9.17, 15) is 10.1 Å². The second kappa shape index (κ2) is 11.4. The Bertz CT molecular complexity index is 1080. The van der Waals surface area contributed by atoms with Crippen LogP contribution in [0.25, 0.3) is 0 Å². The highest BCUT2D eigenvalue weighted by Gasteiger charge is 2.28. The van der Waals surface area contributed by atoms with Gasteiger partial charge < -0.3 is 19.4 Å². The number of rotatable bonds is 6. The summed E-state index contributed by atoms with van der Waals surface area (Å²) < 4.78 is 5.21. The van der Waals surface area contributed by atoms with Crippen LogP contribution in [0.5, 0.6) is 0 Å². The zero-order chi connectivity index (χ0) is 25.7. The topological polar surface area (TPSA) is 85.6 Å². The summed E-state index contributed by atoms with van der Waals surface area (Å²) in [6, 6.07) is 10.3. The molecular formula is C28H38N6O2. The molecule has 192 valence electrons. The van der Waals surface area contributed by atoms with Gasteiger partial charge in [-0.25, -0.2) is 9.97 Å². The van der Waals surface area contributed by atoms with E-state index in [4.69, 9.17) is 4.74 Å². The third-order valence-corrected chi connectivity index (χ3v) is 7.02. The van der Waals surface area contributed by atoms with Gasteiger partial charge in [-0.15, -0.1) is 0 Å². The first kappa shape index (κ1) is 26.1. The third kappa shape index (κ3) is 6.40. The largest absolute Gasteiger partial charge is 0.383 e. The van der Waals surface area contributed by atoms with Crippen LogP contribution < -0.4 is 4.90 Å². The molecule has 0 unspecified atom stereocenters. The predicted octanol–water partition coefficient (Wildman–Crippen LogP) is 3.68. The molecule has 0 radical (unpaired) electrons. The van der Waals surface area contributed by atoms with Crippen molar-refractivity contribution in [2.75, 3.05) is 57.9 Å². The van der Waals surface area contributed by atoms with Crippen molar-refractivity contribution in [3.8, 4) is 6.07 Å². The normalized spacial score (nSPS) is 17.4. The zero-order valence-corrected chi connectivity index (χ0v) is 22.0. The molecule has 0 spiro atoms. The van der Waals surface area contributed by atoms with Crippen LogP contribution in [0.15, 0.2) is 30.5 Å². The van der Waals surface area contributed by atoms with Gasteiger partial charge in [0.1, 0.15) is 11.9 Å². The summed E-state index contributed by atoms with van der Waals surface area (Å²) >= 11 is 0. The van der Waals surface area contributed by atoms with Crippen LogP contribution in [0.3, 0.4) is 0 Å². The maximum atomic E-state index is 13.5. The summed E-state index contributed by atoms with van der Waals surface area (Å²) in [5.74, 6) is 1.48. The first-order valence-corrected chi connectivity index (χ1v) is 12.9. The molecule has 8 heteroatoms. The standard InChI is InChI=1S/C28H38N6O2/c1-28(2,3)20-34-14-13-33(19-24-18-30-25(17-29)31-26(24)34)27(35)23-7-5-21(6-8-23)22-9-11-32(12-10-22)15-16-36-4/h5-8,18,22H,9-16,19-20H2,1-4H3. The van der Waals surface area contributed by atoms with E-state index >= 15 is 0 Å². The van der Waals surface area contributed by atoms with E-state index < -0.39 is 0 Å². The summed E-state index contributed by atoms with van der Waals surface area (Å²) in [6.45, 7) is 12.9. The maximum Gasteiger partial charge on any atom is 0.254 e. The highest BCUT2D eigenvalue weighted by molar-refractivity contribution is 5.94. The van der Waals surface area contributed by atoms with Gasteiger partial charge in [0.2, 0.25) is 5.82 Å². The van der Waals surface area contributed by atoms with Crippen LogP contribution in [0.1, 0.15) is 66.8 Å². The molecular weight excluding hydrogens is 452 g/mol. The summed E-state index contributed by atoms with van der Waals surface area (Å²) in [5, 5.41) is 9.32. The van der Waals surface area contributed by atoms with Crippen LogP contribution >= 0.6 is 0 Å². The Hall–Kier alpha value is -3.02. The molecule has 0 N–H and O–H groups in total. The van der Waals surface area contributed by atoms with Crippen LogP contribution in [0.2, 0.25) is 0 Å². The Kier molecular flexibility index (Phi) is 8.22. The van der Waals surface area contributed by atoms with Crippen molar-refractivity contribution >= 4 is 11.7 Å². The number of ether oxygens (including phenoxy) is 1. The van der Waals surface area contributed by atoms with Crippen molar-refractivity contribution in [1.82, 2.24) is 19.8 Å². The SMILES string of the molecule is COCCN1CCC(c2ccc(C(=O)N3CCN(CC(C)(C)C)c4nc(C#N)ncc4C3)cc2)CC1. The van der Waals surface area contributed by atoms with E-state index in [2.05, 4.69) is 52.7 Å². The lowest BCUT2D eigenvalue weighted by atomic mass is 9.89.